The molecule has 0 radical (unpaired) electrons. The Morgan fingerprint density at radius 2 is 1.79 bits per heavy atom. The number of aliphatic imine (C=N–C) groups is 1. The van der Waals surface area contributed by atoms with Gasteiger partial charge in [0.25, 0.3) is 5.91 Å². The summed E-state index contributed by atoms with van der Waals surface area (Å²) in [5.74, 6) is 1.12. The number of fused-ring (bicyclic) bond motifs is 1. The second kappa shape index (κ2) is 11.2. The molecule has 2 aromatic rings. The summed E-state index contributed by atoms with van der Waals surface area (Å²) in [5, 5.41) is 5.40. The monoisotopic (exact) mass is 553 g/mol. The van der Waals surface area contributed by atoms with Gasteiger partial charge in [0.05, 0.1) is 13.2 Å². The molecule has 4 heterocycles. The van der Waals surface area contributed by atoms with E-state index in [1.807, 2.05) is 12.1 Å². The smallest absolute Gasteiger partial charge is 0.253 e. The van der Waals surface area contributed by atoms with E-state index in [-0.39, 0.29) is 5.91 Å². The normalized spacial score (nSPS) is 23.6. The average molecular weight is 554 g/mol. The summed E-state index contributed by atoms with van der Waals surface area (Å²) < 4.78 is 35.7. The molecule has 9 nitrogen and oxygen atoms in total. The Balaban J connectivity index is 1.11. The number of carbonyl (C=O) groups excluding carboxylic acids is 1. The van der Waals surface area contributed by atoms with Crippen LogP contribution in [0.5, 0.6) is 0 Å². The largest absolute Gasteiger partial charge is 0.379 e. The molecule has 1 amide bonds. The van der Waals surface area contributed by atoms with Crippen LogP contribution < -0.4 is 5.32 Å². The van der Waals surface area contributed by atoms with Crippen molar-refractivity contribution in [3.8, 4) is 0 Å². The van der Waals surface area contributed by atoms with E-state index in [9.17, 15) is 13.2 Å². The van der Waals surface area contributed by atoms with E-state index in [4.69, 9.17) is 9.73 Å². The Labute approximate surface area is 230 Å². The van der Waals surface area contributed by atoms with E-state index in [0.29, 0.717) is 31.8 Å². The van der Waals surface area contributed by atoms with Crippen molar-refractivity contribution in [1.82, 2.24) is 19.1 Å². The molecule has 10 heteroatoms. The van der Waals surface area contributed by atoms with Gasteiger partial charge in [-0.25, -0.2) is 8.42 Å². The van der Waals surface area contributed by atoms with E-state index in [1.54, 1.807) is 6.08 Å². The summed E-state index contributed by atoms with van der Waals surface area (Å²) in [5.41, 5.74) is 1.17. The summed E-state index contributed by atoms with van der Waals surface area (Å²) >= 11 is 0. The maximum absolute atomic E-state index is 13.3. The van der Waals surface area contributed by atoms with Crippen molar-refractivity contribution >= 4 is 38.7 Å². The molecule has 1 spiro atoms. The quantitative estimate of drug-likeness (QED) is 0.568. The molecule has 1 aromatic carbocycles. The van der Waals surface area contributed by atoms with Gasteiger partial charge in [-0.15, -0.1) is 0 Å². The van der Waals surface area contributed by atoms with Crippen molar-refractivity contribution in [2.75, 3.05) is 45.9 Å². The predicted molar refractivity (Wildman–Crippen MR) is 153 cm³/mol. The van der Waals surface area contributed by atoms with Crippen molar-refractivity contribution in [1.29, 1.82) is 0 Å². The zero-order valence-corrected chi connectivity index (χ0v) is 23.4. The van der Waals surface area contributed by atoms with Crippen LogP contribution >= 0.6 is 0 Å². The molecule has 2 saturated heterocycles. The molecule has 1 saturated carbocycles. The molecule has 0 bridgehead atoms. The molecule has 210 valence electrons. The highest BCUT2D eigenvalue weighted by atomic mass is 32.2. The lowest BCUT2D eigenvalue weighted by Gasteiger charge is -2.34. The van der Waals surface area contributed by atoms with Crippen molar-refractivity contribution in [2.24, 2.45) is 10.9 Å². The molecule has 4 aliphatic rings. The number of rotatable bonds is 7. The molecule has 6 rings (SSSR count). The SMILES string of the molecule is O=C1NC(C2CCCCC2)=NC12CCN(S(=O)(=O)C=Cc1cccc3c1ccn3CCN1CCOCC1)CC2. The first kappa shape index (κ1) is 26.7. The highest BCUT2D eigenvalue weighted by molar-refractivity contribution is 7.92. The summed E-state index contributed by atoms with van der Waals surface area (Å²) in [7, 11) is -3.62. The van der Waals surface area contributed by atoms with Crippen molar-refractivity contribution in [2.45, 2.75) is 57.0 Å². The first-order chi connectivity index (χ1) is 18.9. The zero-order chi connectivity index (χ0) is 26.9. The molecule has 0 unspecified atom stereocenters. The number of ether oxygens (including phenoxy) is 1. The van der Waals surface area contributed by atoms with Crippen LogP contribution in [0.25, 0.3) is 17.0 Å². The van der Waals surface area contributed by atoms with Crippen LogP contribution in [-0.4, -0.2) is 85.4 Å². The molecule has 1 aromatic heterocycles. The van der Waals surface area contributed by atoms with Gasteiger partial charge in [0.2, 0.25) is 10.0 Å². The third-order valence-electron chi connectivity index (χ3n) is 8.93. The molecular formula is C29H39N5O4S. The lowest BCUT2D eigenvalue weighted by molar-refractivity contribution is -0.124. The maximum Gasteiger partial charge on any atom is 0.253 e. The number of carbonyl (C=O) groups is 1. The number of sulfonamides is 1. The Morgan fingerprint density at radius 3 is 2.56 bits per heavy atom. The summed E-state index contributed by atoms with van der Waals surface area (Å²) in [6.45, 7) is 5.92. The maximum atomic E-state index is 13.3. The number of morpholine rings is 1. The number of aromatic nitrogens is 1. The average Bonchev–Trinajstić information content (AvgIpc) is 3.53. The van der Waals surface area contributed by atoms with Crippen LogP contribution in [0.3, 0.4) is 0 Å². The van der Waals surface area contributed by atoms with E-state index in [0.717, 1.165) is 74.5 Å². The zero-order valence-electron chi connectivity index (χ0n) is 22.6. The Kier molecular flexibility index (Phi) is 7.63. The van der Waals surface area contributed by atoms with Crippen molar-refractivity contribution in [3.63, 3.8) is 0 Å². The Bertz CT molecular complexity index is 1360. The first-order valence-corrected chi connectivity index (χ1v) is 15.9. The minimum atomic E-state index is -3.62. The van der Waals surface area contributed by atoms with Crippen LogP contribution in [0, 0.1) is 5.92 Å². The molecule has 0 atom stereocenters. The second-order valence-electron chi connectivity index (χ2n) is 11.3. The van der Waals surface area contributed by atoms with Gasteiger partial charge in [-0.2, -0.15) is 4.31 Å². The number of benzene rings is 1. The summed E-state index contributed by atoms with van der Waals surface area (Å²) in [6.07, 6.45) is 10.4. The number of nitrogens with one attached hydrogen (secondary N) is 1. The molecule has 3 aliphatic heterocycles. The van der Waals surface area contributed by atoms with Gasteiger partial charge in [-0.3, -0.25) is 14.7 Å². The van der Waals surface area contributed by atoms with Gasteiger partial charge in [-0.05, 0) is 49.5 Å². The number of hydrogen-bond acceptors (Lipinski definition) is 6. The van der Waals surface area contributed by atoms with Crippen LogP contribution in [0.4, 0.5) is 0 Å². The predicted octanol–water partition coefficient (Wildman–Crippen LogP) is 3.22. The fourth-order valence-electron chi connectivity index (χ4n) is 6.47. The van der Waals surface area contributed by atoms with Gasteiger partial charge < -0.3 is 14.6 Å². The highest BCUT2D eigenvalue weighted by Crippen LogP contribution is 2.35. The van der Waals surface area contributed by atoms with Crippen LogP contribution in [0.2, 0.25) is 0 Å². The number of amides is 1. The topological polar surface area (TPSA) is 96.2 Å². The van der Waals surface area contributed by atoms with Crippen LogP contribution in [0.15, 0.2) is 40.9 Å². The summed E-state index contributed by atoms with van der Waals surface area (Å²) in [6, 6.07) is 8.08. The fraction of sp³-hybridized carbons (Fsp3) is 0.586. The third kappa shape index (κ3) is 5.57. The number of nitrogens with zero attached hydrogens (tertiary/aromatic N) is 4. The minimum absolute atomic E-state index is 0.0551. The summed E-state index contributed by atoms with van der Waals surface area (Å²) in [4.78, 5) is 20.2. The lowest BCUT2D eigenvalue weighted by Crippen LogP contribution is -2.50. The number of amidine groups is 1. The Morgan fingerprint density at radius 1 is 1.03 bits per heavy atom. The molecular weight excluding hydrogens is 514 g/mol. The highest BCUT2D eigenvalue weighted by Gasteiger charge is 2.48. The molecule has 1 aliphatic carbocycles. The van der Waals surface area contributed by atoms with E-state index in [1.165, 1.54) is 29.0 Å². The third-order valence-corrected chi connectivity index (χ3v) is 10.5. The van der Waals surface area contributed by atoms with E-state index in [2.05, 4.69) is 33.1 Å². The molecule has 3 fully saturated rings. The molecule has 1 N–H and O–H groups in total. The standard InChI is InChI=1S/C29H39N5O4S/c35-28-29(31-27(30-28)24-5-2-1-3-6-24)11-14-34(15-12-29)39(36,37)22-10-23-7-4-8-26-25(23)9-13-33(26)17-16-32-18-20-38-21-19-32/h4,7-10,13,22,24H,1-3,5-6,11-12,14-21H2,(H,30,31,35). The van der Waals surface area contributed by atoms with Crippen molar-refractivity contribution in [3.05, 3.63) is 41.4 Å². The van der Waals surface area contributed by atoms with Crippen LogP contribution in [0.1, 0.15) is 50.5 Å². The van der Waals surface area contributed by atoms with Gasteiger partial charge >= 0.3 is 0 Å². The lowest BCUT2D eigenvalue weighted by atomic mass is 9.88. The number of piperidine rings is 1. The fourth-order valence-corrected chi connectivity index (χ4v) is 7.65. The van der Waals surface area contributed by atoms with Crippen molar-refractivity contribution < 1.29 is 17.9 Å². The van der Waals surface area contributed by atoms with Gasteiger partial charge in [-0.1, -0.05) is 31.4 Å². The van der Waals surface area contributed by atoms with E-state index >= 15 is 0 Å². The van der Waals surface area contributed by atoms with Gasteiger partial charge in [0.15, 0.2) is 0 Å². The van der Waals surface area contributed by atoms with Gasteiger partial charge in [0.1, 0.15) is 11.4 Å². The molecule has 39 heavy (non-hydrogen) atoms. The Hall–Kier alpha value is -2.53. The van der Waals surface area contributed by atoms with Crippen LogP contribution in [-0.2, 0) is 26.1 Å². The van der Waals surface area contributed by atoms with E-state index < -0.39 is 15.6 Å². The second-order valence-corrected chi connectivity index (χ2v) is 13.1. The van der Waals surface area contributed by atoms with Gasteiger partial charge in [0, 0.05) is 67.7 Å². The minimum Gasteiger partial charge on any atom is -0.379 e. The number of hydrogen-bond donors (Lipinski definition) is 1. The first-order valence-electron chi connectivity index (χ1n) is 14.4.